The highest BCUT2D eigenvalue weighted by Gasteiger charge is 2.62. The van der Waals surface area contributed by atoms with Crippen molar-refractivity contribution in [1.82, 2.24) is 0 Å². The minimum atomic E-state index is -1.84. The number of carbonyl (C=O) groups excluding carboxylic acids is 1. The maximum absolute atomic E-state index is 13.6. The van der Waals surface area contributed by atoms with Gasteiger partial charge in [0.2, 0.25) is 0 Å². The molecule has 4 nitrogen and oxygen atoms in total. The van der Waals surface area contributed by atoms with Crippen LogP contribution in [0.2, 0.25) is 18.1 Å². The van der Waals surface area contributed by atoms with Gasteiger partial charge >= 0.3 is 5.97 Å². The first-order valence-corrected chi connectivity index (χ1v) is 16.2. The van der Waals surface area contributed by atoms with Crippen LogP contribution in [0.15, 0.2) is 11.6 Å². The molecule has 0 bridgehead atoms. The smallest absolute Gasteiger partial charge is 0.306 e. The van der Waals surface area contributed by atoms with Crippen molar-refractivity contribution in [3.05, 3.63) is 11.6 Å². The summed E-state index contributed by atoms with van der Waals surface area (Å²) in [6.07, 6.45) is 9.39. The van der Waals surface area contributed by atoms with Crippen molar-refractivity contribution in [3.63, 3.8) is 0 Å². The third kappa shape index (κ3) is 3.89. The molecular weight excluding hydrogens is 428 g/mol. The molecule has 0 aliphatic heterocycles. The van der Waals surface area contributed by atoms with Gasteiger partial charge in [-0.2, -0.15) is 0 Å². The van der Waals surface area contributed by atoms with E-state index in [1.807, 2.05) is 13.0 Å². The summed E-state index contributed by atoms with van der Waals surface area (Å²) in [5.41, 5.74) is 1.39. The fourth-order valence-corrected chi connectivity index (χ4v) is 9.48. The zero-order chi connectivity index (χ0) is 24.6. The summed E-state index contributed by atoms with van der Waals surface area (Å²) in [5, 5.41) is 9.89. The van der Waals surface area contributed by atoms with Gasteiger partial charge in [0.15, 0.2) is 14.1 Å². The number of fused-ring (bicyclic) bond motifs is 5. The lowest BCUT2D eigenvalue weighted by Gasteiger charge is -2.58. The van der Waals surface area contributed by atoms with Crippen molar-refractivity contribution in [2.24, 2.45) is 40.4 Å². The van der Waals surface area contributed by atoms with Gasteiger partial charge in [0.25, 0.3) is 0 Å². The lowest BCUT2D eigenvalue weighted by molar-refractivity contribution is -0.147. The maximum Gasteiger partial charge on any atom is 0.306 e. The van der Waals surface area contributed by atoms with E-state index in [0.29, 0.717) is 17.6 Å². The van der Waals surface area contributed by atoms with E-state index in [2.05, 4.69) is 47.7 Å². The molecule has 0 heterocycles. The Morgan fingerprint density at radius 3 is 2.39 bits per heavy atom. The highest BCUT2D eigenvalue weighted by atomic mass is 28.4. The van der Waals surface area contributed by atoms with Gasteiger partial charge in [0.05, 0.1) is 5.92 Å². The summed E-state index contributed by atoms with van der Waals surface area (Å²) in [5.74, 6) is 0.275. The number of hydrogen-bond acceptors (Lipinski definition) is 3. The van der Waals surface area contributed by atoms with Gasteiger partial charge in [0.1, 0.15) is 0 Å². The summed E-state index contributed by atoms with van der Waals surface area (Å²) in [6, 6.07) is 0. The van der Waals surface area contributed by atoms with Gasteiger partial charge in [0, 0.05) is 12.0 Å². The van der Waals surface area contributed by atoms with Crippen molar-refractivity contribution < 1.29 is 19.1 Å². The van der Waals surface area contributed by atoms with Crippen molar-refractivity contribution in [2.75, 3.05) is 0 Å². The number of aliphatic carboxylic acids is 1. The third-order valence-electron chi connectivity index (χ3n) is 11.2. The first-order chi connectivity index (χ1) is 15.1. The molecule has 0 saturated heterocycles. The second-order valence-electron chi connectivity index (χ2n) is 13.8. The number of ketones is 1. The molecule has 3 fully saturated rings. The first kappa shape index (κ1) is 25.2. The van der Waals surface area contributed by atoms with Crippen LogP contribution in [0.3, 0.4) is 0 Å². The molecule has 0 aromatic carbocycles. The van der Waals surface area contributed by atoms with E-state index in [0.717, 1.165) is 44.9 Å². The standard InChI is InChI=1S/C28H46O4Si/c1-17(25(30)31)20-9-10-21-24-22(12-14-28(20,21)6)27(5)13-11-19(15-18(27)16-23(24)29)32-33(7,8)26(2,3)4/h16-17,19-22,24H,9-15H2,1-8H3,(H,30,31)/t17-,19-,20+,21-,22-,24-,27-,28+/m0/s1. The zero-order valence-corrected chi connectivity index (χ0v) is 23.2. The molecule has 4 aliphatic rings. The minimum absolute atomic E-state index is 0.0288. The predicted octanol–water partition coefficient (Wildman–Crippen LogP) is 6.86. The summed E-state index contributed by atoms with van der Waals surface area (Å²) in [7, 11) is -1.84. The topological polar surface area (TPSA) is 63.6 Å². The van der Waals surface area contributed by atoms with Gasteiger partial charge in [-0.25, -0.2) is 0 Å². The van der Waals surface area contributed by atoms with Crippen molar-refractivity contribution in [3.8, 4) is 0 Å². The number of carbonyl (C=O) groups is 2. The van der Waals surface area contributed by atoms with E-state index < -0.39 is 14.3 Å². The van der Waals surface area contributed by atoms with Crippen LogP contribution < -0.4 is 0 Å². The lowest BCUT2D eigenvalue weighted by Crippen LogP contribution is -2.54. The zero-order valence-electron chi connectivity index (χ0n) is 22.2. The molecule has 0 aromatic heterocycles. The van der Waals surface area contributed by atoms with Crippen LogP contribution in [0, 0.1) is 40.4 Å². The average Bonchev–Trinajstić information content (AvgIpc) is 3.04. The summed E-state index contributed by atoms with van der Waals surface area (Å²) in [6.45, 7) is 18.1. The Bertz CT molecular complexity index is 854. The van der Waals surface area contributed by atoms with Crippen LogP contribution in [0.1, 0.15) is 86.5 Å². The highest BCUT2D eigenvalue weighted by Crippen LogP contribution is 2.66. The van der Waals surface area contributed by atoms with E-state index in [-0.39, 0.29) is 39.7 Å². The van der Waals surface area contributed by atoms with Crippen LogP contribution in [-0.2, 0) is 14.0 Å². The van der Waals surface area contributed by atoms with E-state index in [1.165, 1.54) is 5.57 Å². The monoisotopic (exact) mass is 474 g/mol. The highest BCUT2D eigenvalue weighted by molar-refractivity contribution is 6.74. The molecule has 0 radical (unpaired) electrons. The van der Waals surface area contributed by atoms with E-state index in [9.17, 15) is 14.7 Å². The Kier molecular flexibility index (Phi) is 6.13. The fraction of sp³-hybridized carbons (Fsp3) is 0.857. The molecule has 5 heteroatoms. The third-order valence-corrected chi connectivity index (χ3v) is 15.8. The lowest BCUT2D eigenvalue weighted by atomic mass is 9.46. The quantitative estimate of drug-likeness (QED) is 0.452. The first-order valence-electron chi connectivity index (χ1n) is 13.3. The SMILES string of the molecule is C[C@H](C(=O)O)[C@H]1CC[C@H]2[C@@H]3C(=O)C=C4C[C@@H](O[Si](C)(C)C(C)(C)C)CC[C@]4(C)[C@H]3CC[C@]12C. The average molecular weight is 475 g/mol. The maximum atomic E-state index is 13.6. The molecule has 0 spiro atoms. The molecule has 0 aromatic rings. The molecule has 3 saturated carbocycles. The van der Waals surface area contributed by atoms with Crippen LogP contribution in [0.4, 0.5) is 0 Å². The van der Waals surface area contributed by atoms with Crippen LogP contribution in [-0.4, -0.2) is 31.3 Å². The van der Waals surface area contributed by atoms with Crippen LogP contribution in [0.25, 0.3) is 0 Å². The number of rotatable bonds is 4. The second kappa shape index (κ2) is 8.04. The van der Waals surface area contributed by atoms with Gasteiger partial charge in [-0.3, -0.25) is 9.59 Å². The van der Waals surface area contributed by atoms with Crippen molar-refractivity contribution in [2.45, 2.75) is 111 Å². The molecule has 8 atom stereocenters. The molecule has 33 heavy (non-hydrogen) atoms. The van der Waals surface area contributed by atoms with Crippen LogP contribution >= 0.6 is 0 Å². The van der Waals surface area contributed by atoms with E-state index in [1.54, 1.807) is 0 Å². The van der Waals surface area contributed by atoms with E-state index >= 15 is 0 Å². The summed E-state index contributed by atoms with van der Waals surface area (Å²) < 4.78 is 6.79. The fourth-order valence-electron chi connectivity index (χ4n) is 8.10. The molecular formula is C28H46O4Si. The number of hydrogen-bond donors (Lipinski definition) is 1. The summed E-state index contributed by atoms with van der Waals surface area (Å²) in [4.78, 5) is 25.4. The summed E-state index contributed by atoms with van der Waals surface area (Å²) >= 11 is 0. The van der Waals surface area contributed by atoms with Gasteiger partial charge < -0.3 is 9.53 Å². The van der Waals surface area contributed by atoms with Crippen LogP contribution in [0.5, 0.6) is 0 Å². The molecule has 4 rings (SSSR count). The predicted molar refractivity (Wildman–Crippen MR) is 134 cm³/mol. The normalized spacial score (nSPS) is 42.1. The van der Waals surface area contributed by atoms with Gasteiger partial charge in [-0.15, -0.1) is 0 Å². The Labute approximate surface area is 202 Å². The Hall–Kier alpha value is -0.943. The minimum Gasteiger partial charge on any atom is -0.481 e. The second-order valence-corrected chi connectivity index (χ2v) is 18.6. The number of carboxylic acids is 1. The molecule has 186 valence electrons. The van der Waals surface area contributed by atoms with E-state index in [4.69, 9.17) is 4.43 Å². The van der Waals surface area contributed by atoms with Gasteiger partial charge in [-0.05, 0) is 97.7 Å². The largest absolute Gasteiger partial charge is 0.481 e. The Morgan fingerprint density at radius 2 is 1.79 bits per heavy atom. The molecule has 0 unspecified atom stereocenters. The molecule has 4 aliphatic carbocycles. The number of allylic oxidation sites excluding steroid dienone is 1. The Morgan fingerprint density at radius 1 is 1.12 bits per heavy atom. The Balaban J connectivity index is 1.58. The molecule has 0 amide bonds. The number of carboxylic acid groups (broad SMARTS) is 1. The molecule has 1 N–H and O–H groups in total. The van der Waals surface area contributed by atoms with Gasteiger partial charge in [-0.1, -0.05) is 47.1 Å². The van der Waals surface area contributed by atoms with Crippen molar-refractivity contribution >= 4 is 20.1 Å². The van der Waals surface area contributed by atoms with Crippen molar-refractivity contribution in [1.29, 1.82) is 0 Å².